The minimum absolute atomic E-state index is 0.204. The Morgan fingerprint density at radius 1 is 1.20 bits per heavy atom. The summed E-state index contributed by atoms with van der Waals surface area (Å²) in [7, 11) is -3.59. The van der Waals surface area contributed by atoms with Crippen molar-refractivity contribution in [2.75, 3.05) is 38.0 Å². The number of piperazine rings is 1. The van der Waals surface area contributed by atoms with Gasteiger partial charge in [0.15, 0.2) is 0 Å². The van der Waals surface area contributed by atoms with Gasteiger partial charge < -0.3 is 10.2 Å². The molecule has 2 heterocycles. The van der Waals surface area contributed by atoms with Crippen molar-refractivity contribution in [3.8, 4) is 0 Å². The number of hydrogen-bond donors (Lipinski definition) is 1. The van der Waals surface area contributed by atoms with Crippen LogP contribution in [0.25, 0.3) is 0 Å². The molecule has 1 saturated heterocycles. The van der Waals surface area contributed by atoms with Crippen LogP contribution in [0.2, 0.25) is 0 Å². The number of hydrogen-bond acceptors (Lipinski definition) is 6. The first-order valence-electron chi connectivity index (χ1n) is 10.4. The topological polar surface area (TPSA) is 82.6 Å². The molecule has 0 saturated carbocycles. The number of aryl methyl sites for hydroxylation is 2. The average Bonchev–Trinajstić information content (AvgIpc) is 3.13. The van der Waals surface area contributed by atoms with Crippen LogP contribution in [-0.4, -0.2) is 61.2 Å². The van der Waals surface area contributed by atoms with Gasteiger partial charge >= 0.3 is 0 Å². The van der Waals surface area contributed by atoms with E-state index in [2.05, 4.69) is 29.0 Å². The van der Waals surface area contributed by atoms with Crippen LogP contribution in [0.15, 0.2) is 29.2 Å². The van der Waals surface area contributed by atoms with Crippen molar-refractivity contribution >= 4 is 33.0 Å². The Bertz CT molecular complexity index is 980. The number of rotatable bonds is 8. The predicted octanol–water partition coefficient (Wildman–Crippen LogP) is 3.37. The molecule has 2 aromatic rings. The zero-order chi connectivity index (χ0) is 21.7. The normalized spacial score (nSPS) is 16.0. The molecule has 1 aliphatic heterocycles. The van der Waals surface area contributed by atoms with Crippen molar-refractivity contribution in [2.45, 2.75) is 44.9 Å². The molecule has 0 unspecified atom stereocenters. The molecule has 9 heteroatoms. The molecule has 1 aliphatic rings. The van der Waals surface area contributed by atoms with Crippen molar-refractivity contribution in [1.29, 1.82) is 0 Å². The van der Waals surface area contributed by atoms with E-state index in [9.17, 15) is 13.2 Å². The van der Waals surface area contributed by atoms with Gasteiger partial charge in [0.05, 0.1) is 15.6 Å². The van der Waals surface area contributed by atoms with E-state index in [1.807, 2.05) is 6.92 Å². The fraction of sp³-hybridized carbons (Fsp3) is 0.524. The molecule has 0 spiro atoms. The van der Waals surface area contributed by atoms with Gasteiger partial charge in [-0.05, 0) is 44.5 Å². The van der Waals surface area contributed by atoms with E-state index < -0.39 is 10.0 Å². The van der Waals surface area contributed by atoms with Crippen molar-refractivity contribution in [3.05, 3.63) is 39.8 Å². The first-order valence-corrected chi connectivity index (χ1v) is 12.7. The number of anilines is 1. The Morgan fingerprint density at radius 2 is 1.93 bits per heavy atom. The van der Waals surface area contributed by atoms with Crippen LogP contribution in [0.5, 0.6) is 0 Å². The summed E-state index contributed by atoms with van der Waals surface area (Å²) in [5.74, 6) is -0.251. The summed E-state index contributed by atoms with van der Waals surface area (Å²) < 4.78 is 27.6. The molecule has 1 fully saturated rings. The lowest BCUT2D eigenvalue weighted by atomic mass is 10.2. The van der Waals surface area contributed by atoms with Crippen LogP contribution in [0.4, 0.5) is 5.69 Å². The Kier molecular flexibility index (Phi) is 7.62. The maximum Gasteiger partial charge on any atom is 0.267 e. The monoisotopic (exact) mass is 450 g/mol. The predicted molar refractivity (Wildman–Crippen MR) is 121 cm³/mol. The van der Waals surface area contributed by atoms with Crippen LogP contribution >= 0.6 is 11.3 Å². The van der Waals surface area contributed by atoms with E-state index in [4.69, 9.17) is 0 Å². The summed E-state index contributed by atoms with van der Waals surface area (Å²) >= 11 is 1.41. The van der Waals surface area contributed by atoms with E-state index in [0.29, 0.717) is 29.3 Å². The van der Waals surface area contributed by atoms with Crippen molar-refractivity contribution in [3.63, 3.8) is 0 Å². The van der Waals surface area contributed by atoms with E-state index in [-0.39, 0.29) is 10.8 Å². The van der Waals surface area contributed by atoms with Crippen molar-refractivity contribution in [2.24, 2.45) is 0 Å². The summed E-state index contributed by atoms with van der Waals surface area (Å²) in [4.78, 5) is 20.2. The molecule has 0 bridgehead atoms. The van der Waals surface area contributed by atoms with Gasteiger partial charge in [0.1, 0.15) is 4.88 Å². The SMILES string of the molecule is CCCCc1nc(C)c(C(=O)Nc2cccc(S(=O)(=O)N3CCN(CC)CC3)c2)s1. The van der Waals surface area contributed by atoms with Gasteiger partial charge in [-0.25, -0.2) is 13.4 Å². The average molecular weight is 451 g/mol. The van der Waals surface area contributed by atoms with Crippen LogP contribution in [0, 0.1) is 6.92 Å². The van der Waals surface area contributed by atoms with Crippen LogP contribution in [-0.2, 0) is 16.4 Å². The minimum atomic E-state index is -3.59. The van der Waals surface area contributed by atoms with Gasteiger partial charge in [-0.3, -0.25) is 4.79 Å². The molecule has 1 aromatic heterocycles. The molecular weight excluding hydrogens is 420 g/mol. The summed E-state index contributed by atoms with van der Waals surface area (Å²) in [5, 5.41) is 3.80. The summed E-state index contributed by atoms with van der Waals surface area (Å²) in [6.45, 7) is 9.38. The fourth-order valence-corrected chi connectivity index (χ4v) is 5.93. The van der Waals surface area contributed by atoms with E-state index in [0.717, 1.165) is 43.9 Å². The molecular formula is C21H30N4O3S2. The first kappa shape index (κ1) is 22.9. The number of carbonyl (C=O) groups is 1. The lowest BCUT2D eigenvalue weighted by Gasteiger charge is -2.33. The fourth-order valence-electron chi connectivity index (χ4n) is 3.46. The maximum absolute atomic E-state index is 13.0. The molecule has 164 valence electrons. The molecule has 30 heavy (non-hydrogen) atoms. The number of amides is 1. The number of thiazole rings is 1. The number of likely N-dealkylation sites (N-methyl/N-ethyl adjacent to an activating group) is 1. The number of aromatic nitrogens is 1. The second-order valence-electron chi connectivity index (χ2n) is 7.45. The number of unbranched alkanes of at least 4 members (excludes halogenated alkanes) is 1. The number of nitrogens with zero attached hydrogens (tertiary/aromatic N) is 3. The number of carbonyl (C=O) groups excluding carboxylic acids is 1. The smallest absolute Gasteiger partial charge is 0.267 e. The highest BCUT2D eigenvalue weighted by Crippen LogP contribution is 2.24. The zero-order valence-corrected chi connectivity index (χ0v) is 19.5. The summed E-state index contributed by atoms with van der Waals surface area (Å²) in [5.41, 5.74) is 1.18. The van der Waals surface area contributed by atoms with Crippen molar-refractivity contribution in [1.82, 2.24) is 14.2 Å². The van der Waals surface area contributed by atoms with Gasteiger partial charge in [-0.2, -0.15) is 4.31 Å². The van der Waals surface area contributed by atoms with Gasteiger partial charge in [0.2, 0.25) is 10.0 Å². The van der Waals surface area contributed by atoms with E-state index in [1.54, 1.807) is 18.2 Å². The van der Waals surface area contributed by atoms with E-state index in [1.165, 1.54) is 21.7 Å². The lowest BCUT2D eigenvalue weighted by molar-refractivity contribution is 0.102. The largest absolute Gasteiger partial charge is 0.321 e. The minimum Gasteiger partial charge on any atom is -0.321 e. The molecule has 1 aromatic carbocycles. The maximum atomic E-state index is 13.0. The Morgan fingerprint density at radius 3 is 2.60 bits per heavy atom. The standard InChI is InChI=1S/C21H30N4O3S2/c1-4-6-10-19-22-16(3)20(29-19)21(26)23-17-8-7-9-18(15-17)30(27,28)25-13-11-24(5-2)12-14-25/h7-9,15H,4-6,10-14H2,1-3H3,(H,23,26). The zero-order valence-electron chi connectivity index (χ0n) is 17.8. The third-order valence-corrected chi connectivity index (χ3v) is 8.41. The van der Waals surface area contributed by atoms with Crippen molar-refractivity contribution < 1.29 is 13.2 Å². The highest BCUT2D eigenvalue weighted by atomic mass is 32.2. The molecule has 3 rings (SSSR count). The second-order valence-corrected chi connectivity index (χ2v) is 10.5. The third-order valence-electron chi connectivity index (χ3n) is 5.30. The lowest BCUT2D eigenvalue weighted by Crippen LogP contribution is -2.48. The summed E-state index contributed by atoms with van der Waals surface area (Å²) in [6, 6.07) is 6.49. The molecule has 1 amide bonds. The molecule has 1 N–H and O–H groups in total. The number of nitrogens with one attached hydrogen (secondary N) is 1. The van der Waals surface area contributed by atoms with E-state index >= 15 is 0 Å². The van der Waals surface area contributed by atoms with Gasteiger partial charge in [0, 0.05) is 31.9 Å². The Labute approximate surface area is 183 Å². The number of sulfonamides is 1. The van der Waals surface area contributed by atoms with Gasteiger partial charge in [-0.15, -0.1) is 11.3 Å². The highest BCUT2D eigenvalue weighted by molar-refractivity contribution is 7.89. The van der Waals surface area contributed by atoms with Crippen LogP contribution < -0.4 is 5.32 Å². The Hall–Kier alpha value is -1.81. The third kappa shape index (κ3) is 5.26. The van der Waals surface area contributed by atoms with Crippen LogP contribution in [0.1, 0.15) is 47.1 Å². The molecule has 0 radical (unpaired) electrons. The Balaban J connectivity index is 1.72. The quantitative estimate of drug-likeness (QED) is 0.667. The van der Waals surface area contributed by atoms with Gasteiger partial charge in [0.25, 0.3) is 5.91 Å². The first-order chi connectivity index (χ1) is 14.3. The molecule has 0 aliphatic carbocycles. The highest BCUT2D eigenvalue weighted by Gasteiger charge is 2.28. The summed E-state index contributed by atoms with van der Waals surface area (Å²) in [6.07, 6.45) is 2.99. The van der Waals surface area contributed by atoms with Crippen LogP contribution in [0.3, 0.4) is 0 Å². The second kappa shape index (κ2) is 10.00. The molecule has 0 atom stereocenters. The van der Waals surface area contributed by atoms with Gasteiger partial charge in [-0.1, -0.05) is 26.3 Å². The number of benzene rings is 1. The molecule has 7 nitrogen and oxygen atoms in total.